The molecule has 0 spiro atoms. The molecule has 1 saturated heterocycles. The molecule has 190 valence electrons. The van der Waals surface area contributed by atoms with Gasteiger partial charge in [0.15, 0.2) is 0 Å². The summed E-state index contributed by atoms with van der Waals surface area (Å²) in [6.45, 7) is 10.2. The van der Waals surface area contributed by atoms with E-state index in [4.69, 9.17) is 9.57 Å². The number of para-hydroxylation sites is 3. The van der Waals surface area contributed by atoms with Crippen molar-refractivity contribution in [1.29, 1.82) is 0 Å². The minimum absolute atomic E-state index is 0.136. The third-order valence-corrected chi connectivity index (χ3v) is 7.20. The molecular formula is C27H37FN4O3. The van der Waals surface area contributed by atoms with Gasteiger partial charge in [-0.25, -0.2) is 4.39 Å². The van der Waals surface area contributed by atoms with Gasteiger partial charge in [0.05, 0.1) is 31.3 Å². The van der Waals surface area contributed by atoms with Gasteiger partial charge in [-0.2, -0.15) is 5.06 Å². The second-order valence-electron chi connectivity index (χ2n) is 9.56. The minimum Gasteiger partial charge on any atom is -0.384 e. The molecule has 4 rings (SSSR count). The van der Waals surface area contributed by atoms with Crippen molar-refractivity contribution in [2.45, 2.75) is 26.7 Å². The summed E-state index contributed by atoms with van der Waals surface area (Å²) in [5.41, 5.74) is 2.54. The van der Waals surface area contributed by atoms with E-state index in [1.54, 1.807) is 25.3 Å². The second-order valence-corrected chi connectivity index (χ2v) is 9.56. The van der Waals surface area contributed by atoms with Gasteiger partial charge >= 0.3 is 0 Å². The number of nitrogens with zero attached hydrogens (tertiary/aromatic N) is 4. The Morgan fingerprint density at radius 3 is 2.29 bits per heavy atom. The molecule has 35 heavy (non-hydrogen) atoms. The van der Waals surface area contributed by atoms with E-state index in [2.05, 4.69) is 45.9 Å². The Labute approximate surface area is 207 Å². The molecule has 0 atom stereocenters. The number of carbonyl (C=O) groups is 1. The number of piperidine rings is 1. The van der Waals surface area contributed by atoms with E-state index in [-0.39, 0.29) is 17.0 Å². The fourth-order valence-corrected chi connectivity index (χ4v) is 5.12. The van der Waals surface area contributed by atoms with Gasteiger partial charge in [-0.05, 0) is 57.1 Å². The first-order valence-corrected chi connectivity index (χ1v) is 12.4. The molecule has 7 nitrogen and oxygen atoms in total. The van der Waals surface area contributed by atoms with Crippen LogP contribution in [-0.2, 0) is 14.4 Å². The van der Waals surface area contributed by atoms with Gasteiger partial charge in [0.1, 0.15) is 11.5 Å². The van der Waals surface area contributed by atoms with Crippen LogP contribution in [0.1, 0.15) is 26.7 Å². The lowest BCUT2D eigenvalue weighted by Crippen LogP contribution is -2.48. The highest BCUT2D eigenvalue weighted by molar-refractivity contribution is 5.89. The van der Waals surface area contributed by atoms with Crippen LogP contribution in [0.2, 0.25) is 0 Å². The van der Waals surface area contributed by atoms with E-state index in [1.807, 2.05) is 0 Å². The predicted molar refractivity (Wildman–Crippen MR) is 137 cm³/mol. The van der Waals surface area contributed by atoms with Gasteiger partial charge in [-0.3, -0.25) is 9.63 Å². The second kappa shape index (κ2) is 11.4. The fourth-order valence-electron chi connectivity index (χ4n) is 5.12. The Kier molecular flexibility index (Phi) is 8.26. The maximum absolute atomic E-state index is 14.3. The highest BCUT2D eigenvalue weighted by atomic mass is 19.1. The molecular weight excluding hydrogens is 447 g/mol. The van der Waals surface area contributed by atoms with Crippen LogP contribution in [0.4, 0.5) is 21.5 Å². The summed E-state index contributed by atoms with van der Waals surface area (Å²) in [5, 5.41) is 1.07. The largest absolute Gasteiger partial charge is 0.384 e. The number of fused-ring (bicyclic) bond motifs is 1. The van der Waals surface area contributed by atoms with Crippen molar-refractivity contribution in [3.05, 3.63) is 54.3 Å². The Bertz CT molecular complexity index is 996. The zero-order chi connectivity index (χ0) is 24.8. The normalized spacial score (nSPS) is 17.5. The lowest BCUT2D eigenvalue weighted by molar-refractivity contribution is -0.127. The summed E-state index contributed by atoms with van der Waals surface area (Å²) < 4.78 is 19.9. The third kappa shape index (κ3) is 5.77. The SMILES string of the molecule is CCN1CN(CCN2CCC(COC)(CON(C(C)=O)c3ccccc3F)CC2)c2ccccc21. The zero-order valence-electron chi connectivity index (χ0n) is 21.1. The van der Waals surface area contributed by atoms with Crippen LogP contribution >= 0.6 is 0 Å². The Hall–Kier alpha value is -2.68. The van der Waals surface area contributed by atoms with Crippen molar-refractivity contribution in [2.75, 3.05) is 74.6 Å². The highest BCUT2D eigenvalue weighted by Gasteiger charge is 2.37. The number of hydrogen-bond acceptors (Lipinski definition) is 6. The molecule has 0 saturated carbocycles. The monoisotopic (exact) mass is 484 g/mol. The number of ether oxygens (including phenoxy) is 1. The molecule has 0 aromatic heterocycles. The number of anilines is 3. The highest BCUT2D eigenvalue weighted by Crippen LogP contribution is 2.36. The van der Waals surface area contributed by atoms with Crippen molar-refractivity contribution < 1.29 is 18.8 Å². The Morgan fingerprint density at radius 1 is 1.00 bits per heavy atom. The molecule has 1 fully saturated rings. The van der Waals surface area contributed by atoms with E-state index in [0.717, 1.165) is 57.3 Å². The van der Waals surface area contributed by atoms with Crippen molar-refractivity contribution in [3.63, 3.8) is 0 Å². The lowest BCUT2D eigenvalue weighted by Gasteiger charge is -2.42. The first-order chi connectivity index (χ1) is 17.0. The molecule has 1 amide bonds. The van der Waals surface area contributed by atoms with Crippen LogP contribution in [0.5, 0.6) is 0 Å². The van der Waals surface area contributed by atoms with E-state index < -0.39 is 5.82 Å². The molecule has 2 aromatic rings. The van der Waals surface area contributed by atoms with Crippen molar-refractivity contribution >= 4 is 23.0 Å². The molecule has 2 heterocycles. The molecule has 0 unspecified atom stereocenters. The number of benzene rings is 2. The standard InChI is InChI=1S/C27H37FN4O3/c1-4-30-21-31(26-12-8-7-11-25(26)30)18-17-29-15-13-27(14-16-29,19-34-3)20-35-32(22(2)33)24-10-6-5-9-23(24)28/h5-12H,4,13-21H2,1-3H3. The number of halogens is 1. The van der Waals surface area contributed by atoms with Crippen LogP contribution in [0.15, 0.2) is 48.5 Å². The topological polar surface area (TPSA) is 48.5 Å². The molecule has 0 bridgehead atoms. The summed E-state index contributed by atoms with van der Waals surface area (Å²) in [5.74, 6) is -0.837. The number of rotatable bonds is 10. The van der Waals surface area contributed by atoms with Crippen LogP contribution in [0.25, 0.3) is 0 Å². The maximum atomic E-state index is 14.3. The number of carbonyl (C=O) groups excluding carboxylic acids is 1. The van der Waals surface area contributed by atoms with Crippen LogP contribution in [0.3, 0.4) is 0 Å². The number of amides is 1. The van der Waals surface area contributed by atoms with E-state index in [0.29, 0.717) is 13.2 Å². The Balaban J connectivity index is 1.33. The van der Waals surface area contributed by atoms with E-state index >= 15 is 0 Å². The fraction of sp³-hybridized carbons (Fsp3) is 0.519. The minimum atomic E-state index is -0.483. The summed E-state index contributed by atoms with van der Waals surface area (Å²) >= 11 is 0. The first-order valence-electron chi connectivity index (χ1n) is 12.4. The Morgan fingerprint density at radius 2 is 1.66 bits per heavy atom. The zero-order valence-corrected chi connectivity index (χ0v) is 21.1. The summed E-state index contributed by atoms with van der Waals surface area (Å²) in [7, 11) is 1.69. The van der Waals surface area contributed by atoms with Gasteiger partial charge < -0.3 is 19.4 Å². The van der Waals surface area contributed by atoms with Crippen LogP contribution in [0, 0.1) is 11.2 Å². The number of methoxy groups -OCH3 is 1. The van der Waals surface area contributed by atoms with Crippen molar-refractivity contribution in [1.82, 2.24) is 4.90 Å². The molecule has 8 heteroatoms. The number of hydroxylamine groups is 1. The van der Waals surface area contributed by atoms with Crippen molar-refractivity contribution in [3.8, 4) is 0 Å². The summed E-state index contributed by atoms with van der Waals surface area (Å²) in [4.78, 5) is 25.5. The molecule has 0 aliphatic carbocycles. The van der Waals surface area contributed by atoms with E-state index in [1.165, 1.54) is 24.4 Å². The van der Waals surface area contributed by atoms with Gasteiger partial charge in [0.2, 0.25) is 5.91 Å². The van der Waals surface area contributed by atoms with Crippen molar-refractivity contribution in [2.24, 2.45) is 5.41 Å². The lowest BCUT2D eigenvalue weighted by atomic mass is 9.80. The average molecular weight is 485 g/mol. The summed E-state index contributed by atoms with van der Waals surface area (Å²) in [6, 6.07) is 14.8. The number of likely N-dealkylation sites (tertiary alicyclic amines) is 1. The molecule has 0 radical (unpaired) electrons. The molecule has 2 aromatic carbocycles. The third-order valence-electron chi connectivity index (χ3n) is 7.20. The van der Waals surface area contributed by atoms with Crippen LogP contribution < -0.4 is 14.9 Å². The quantitative estimate of drug-likeness (QED) is 0.473. The average Bonchev–Trinajstić information content (AvgIpc) is 3.23. The van der Waals surface area contributed by atoms with Gasteiger partial charge in [0, 0.05) is 39.1 Å². The number of hydrogen-bond donors (Lipinski definition) is 0. The van der Waals surface area contributed by atoms with Gasteiger partial charge in [-0.1, -0.05) is 24.3 Å². The molecule has 2 aliphatic heterocycles. The summed E-state index contributed by atoms with van der Waals surface area (Å²) in [6.07, 6.45) is 1.78. The first kappa shape index (κ1) is 25.4. The maximum Gasteiger partial charge on any atom is 0.247 e. The molecule has 0 N–H and O–H groups in total. The predicted octanol–water partition coefficient (Wildman–Crippen LogP) is 4.14. The van der Waals surface area contributed by atoms with E-state index in [9.17, 15) is 9.18 Å². The molecule has 2 aliphatic rings. The smallest absolute Gasteiger partial charge is 0.247 e. The van der Waals surface area contributed by atoms with Crippen LogP contribution in [-0.4, -0.2) is 70.5 Å². The van der Waals surface area contributed by atoms with Gasteiger partial charge in [0.25, 0.3) is 0 Å². The van der Waals surface area contributed by atoms with Gasteiger partial charge in [-0.15, -0.1) is 0 Å².